The van der Waals surface area contributed by atoms with E-state index < -0.39 is 8.32 Å². The fourth-order valence-electron chi connectivity index (χ4n) is 5.04. The summed E-state index contributed by atoms with van der Waals surface area (Å²) in [6.07, 6.45) is 7.93. The van der Waals surface area contributed by atoms with Crippen molar-refractivity contribution < 1.29 is 14.0 Å². The minimum atomic E-state index is -1.83. The molecule has 0 saturated heterocycles. The molecular weight excluding hydrogens is 388 g/mol. The molecular formula is C26H48O3Si. The molecule has 30 heavy (non-hydrogen) atoms. The van der Waals surface area contributed by atoms with E-state index in [-0.39, 0.29) is 23.0 Å². The molecule has 0 spiro atoms. The summed E-state index contributed by atoms with van der Waals surface area (Å²) in [4.78, 5) is 12.7. The maximum Gasteiger partial charge on any atom is 0.308 e. The Hall–Kier alpha value is -0.613. The van der Waals surface area contributed by atoms with E-state index in [0.29, 0.717) is 35.5 Å². The van der Waals surface area contributed by atoms with Crippen LogP contribution in [0.3, 0.4) is 0 Å². The van der Waals surface area contributed by atoms with Crippen LogP contribution in [0.1, 0.15) is 74.7 Å². The van der Waals surface area contributed by atoms with Crippen molar-refractivity contribution in [2.75, 3.05) is 6.61 Å². The molecule has 0 aromatic rings. The molecule has 2 rings (SSSR count). The first-order chi connectivity index (χ1) is 13.8. The summed E-state index contributed by atoms with van der Waals surface area (Å²) < 4.78 is 13.0. The summed E-state index contributed by atoms with van der Waals surface area (Å²) in [6, 6.07) is 0. The van der Waals surface area contributed by atoms with E-state index in [0.717, 1.165) is 19.4 Å². The highest BCUT2D eigenvalue weighted by Gasteiger charge is 2.48. The van der Waals surface area contributed by atoms with Gasteiger partial charge in [0.05, 0.1) is 5.92 Å². The van der Waals surface area contributed by atoms with Crippen molar-refractivity contribution in [3.05, 3.63) is 12.2 Å². The Bertz CT molecular complexity index is 604. The van der Waals surface area contributed by atoms with Gasteiger partial charge in [0.2, 0.25) is 0 Å². The topological polar surface area (TPSA) is 35.5 Å². The van der Waals surface area contributed by atoms with Gasteiger partial charge < -0.3 is 9.16 Å². The molecule has 4 heteroatoms. The minimum Gasteiger partial charge on any atom is -0.462 e. The predicted molar refractivity (Wildman–Crippen MR) is 129 cm³/mol. The summed E-state index contributed by atoms with van der Waals surface area (Å²) in [7, 11) is -1.83. The summed E-state index contributed by atoms with van der Waals surface area (Å²) in [6.45, 7) is 23.4. The zero-order valence-electron chi connectivity index (χ0n) is 21.3. The van der Waals surface area contributed by atoms with Crippen molar-refractivity contribution >= 4 is 14.3 Å². The lowest BCUT2D eigenvalue weighted by Gasteiger charge is -2.49. The Labute approximate surface area is 187 Å². The Balaban J connectivity index is 2.32. The molecule has 1 fully saturated rings. The number of hydrogen-bond acceptors (Lipinski definition) is 3. The number of carbonyl (C=O) groups is 1. The second kappa shape index (κ2) is 9.89. The summed E-state index contributed by atoms with van der Waals surface area (Å²) in [5.74, 6) is 2.86. The first-order valence-corrected chi connectivity index (χ1v) is 15.2. The smallest absolute Gasteiger partial charge is 0.308 e. The molecule has 0 amide bonds. The predicted octanol–water partition coefficient (Wildman–Crippen LogP) is 7.09. The van der Waals surface area contributed by atoms with Crippen LogP contribution in [0.4, 0.5) is 0 Å². The van der Waals surface area contributed by atoms with Gasteiger partial charge in [0.1, 0.15) is 6.10 Å². The van der Waals surface area contributed by atoms with Crippen LogP contribution < -0.4 is 0 Å². The number of rotatable bonds is 7. The zero-order valence-corrected chi connectivity index (χ0v) is 22.3. The number of esters is 1. The lowest BCUT2D eigenvalue weighted by molar-refractivity contribution is -0.164. The highest BCUT2D eigenvalue weighted by Crippen LogP contribution is 2.49. The van der Waals surface area contributed by atoms with Crippen molar-refractivity contribution in [2.24, 2.45) is 41.4 Å². The molecule has 0 aromatic heterocycles. The highest BCUT2D eigenvalue weighted by molar-refractivity contribution is 6.74. The standard InChI is InChI=1S/C26H48O3Si/c1-11-19(5)25(27)29-23-15-18(4)14-20-12-13-21(17(2)3)22(24(20)23)16-28-30(9,10)26(6,7)8/h12-13,17-24H,11,14-16H2,1-10H3/t18-,19-,20-,21+,22-,23-,24-/m0/s1. The van der Waals surface area contributed by atoms with Crippen LogP contribution in [0.5, 0.6) is 0 Å². The Kier molecular flexibility index (Phi) is 8.46. The van der Waals surface area contributed by atoms with Crippen LogP contribution in [0, 0.1) is 41.4 Å². The van der Waals surface area contributed by atoms with Gasteiger partial charge in [-0.2, -0.15) is 0 Å². The van der Waals surface area contributed by atoms with Crippen molar-refractivity contribution in [1.29, 1.82) is 0 Å². The zero-order chi connectivity index (χ0) is 22.9. The second-order valence-electron chi connectivity index (χ2n) is 12.0. The first kappa shape index (κ1) is 25.6. The third-order valence-corrected chi connectivity index (χ3v) is 12.8. The van der Waals surface area contributed by atoms with Gasteiger partial charge in [-0.15, -0.1) is 0 Å². The van der Waals surface area contributed by atoms with Crippen molar-refractivity contribution in [2.45, 2.75) is 98.9 Å². The van der Waals surface area contributed by atoms with Crippen molar-refractivity contribution in [3.63, 3.8) is 0 Å². The van der Waals surface area contributed by atoms with E-state index in [2.05, 4.69) is 73.7 Å². The molecule has 1 saturated carbocycles. The highest BCUT2D eigenvalue weighted by atomic mass is 28.4. The molecule has 7 atom stereocenters. The van der Waals surface area contributed by atoms with E-state index >= 15 is 0 Å². The molecule has 0 aromatic carbocycles. The van der Waals surface area contributed by atoms with E-state index in [1.807, 2.05) is 6.92 Å². The van der Waals surface area contributed by atoms with Crippen LogP contribution in [0.15, 0.2) is 12.2 Å². The Morgan fingerprint density at radius 3 is 2.30 bits per heavy atom. The molecule has 0 bridgehead atoms. The molecule has 0 heterocycles. The van der Waals surface area contributed by atoms with Crippen LogP contribution in [0.25, 0.3) is 0 Å². The first-order valence-electron chi connectivity index (χ1n) is 12.3. The lowest BCUT2D eigenvalue weighted by atomic mass is 9.60. The van der Waals surface area contributed by atoms with E-state index in [1.54, 1.807) is 0 Å². The van der Waals surface area contributed by atoms with Gasteiger partial charge in [-0.25, -0.2) is 0 Å². The number of ether oxygens (including phenoxy) is 1. The van der Waals surface area contributed by atoms with Crippen molar-refractivity contribution in [1.82, 2.24) is 0 Å². The average Bonchev–Trinajstić information content (AvgIpc) is 2.63. The summed E-state index contributed by atoms with van der Waals surface area (Å²) in [5, 5.41) is 0.202. The number of carbonyl (C=O) groups excluding carboxylic acids is 1. The maximum atomic E-state index is 12.7. The molecule has 0 aliphatic heterocycles. The maximum absolute atomic E-state index is 12.7. The summed E-state index contributed by atoms with van der Waals surface area (Å²) >= 11 is 0. The average molecular weight is 437 g/mol. The van der Waals surface area contributed by atoms with Gasteiger partial charge in [0.25, 0.3) is 0 Å². The molecule has 2 aliphatic carbocycles. The van der Waals surface area contributed by atoms with E-state index in [9.17, 15) is 4.79 Å². The van der Waals surface area contributed by atoms with Gasteiger partial charge in [-0.05, 0) is 67.0 Å². The van der Waals surface area contributed by atoms with Gasteiger partial charge in [0.15, 0.2) is 8.32 Å². The largest absolute Gasteiger partial charge is 0.462 e. The monoisotopic (exact) mass is 436 g/mol. The normalized spacial score (nSPS) is 33.3. The third kappa shape index (κ3) is 5.79. The molecule has 3 nitrogen and oxygen atoms in total. The van der Waals surface area contributed by atoms with E-state index in [4.69, 9.17) is 9.16 Å². The molecule has 0 radical (unpaired) electrons. The summed E-state index contributed by atoms with van der Waals surface area (Å²) in [5.41, 5.74) is 0. The van der Waals surface area contributed by atoms with Crippen molar-refractivity contribution in [3.8, 4) is 0 Å². The molecule has 0 unspecified atom stereocenters. The number of fused-ring (bicyclic) bond motifs is 1. The van der Waals surface area contributed by atoms with Gasteiger partial charge in [0, 0.05) is 12.5 Å². The Morgan fingerprint density at radius 1 is 1.13 bits per heavy atom. The molecule has 2 aliphatic rings. The third-order valence-electron chi connectivity index (χ3n) is 8.30. The van der Waals surface area contributed by atoms with E-state index in [1.165, 1.54) is 6.42 Å². The fraction of sp³-hybridized carbons (Fsp3) is 0.885. The van der Waals surface area contributed by atoms with Gasteiger partial charge in [-0.1, -0.05) is 67.5 Å². The van der Waals surface area contributed by atoms with Gasteiger partial charge in [-0.3, -0.25) is 4.79 Å². The van der Waals surface area contributed by atoms with Crippen LogP contribution in [-0.4, -0.2) is 27.0 Å². The SMILES string of the molecule is CC[C@H](C)C(=O)O[C@H]1C[C@@H](C)C[C@@H]2C=C[C@H](C(C)C)[C@H](CO[Si](C)(C)C(C)(C)C)[C@@H]12. The van der Waals surface area contributed by atoms with Crippen LogP contribution in [0.2, 0.25) is 18.1 Å². The molecule has 0 N–H and O–H groups in total. The van der Waals surface area contributed by atoms with Crippen LogP contribution >= 0.6 is 0 Å². The fourth-order valence-corrected chi connectivity index (χ4v) is 6.08. The second-order valence-corrected chi connectivity index (χ2v) is 16.9. The quantitative estimate of drug-likeness (QED) is 0.243. The minimum absolute atomic E-state index is 0.0134. The Morgan fingerprint density at radius 2 is 1.77 bits per heavy atom. The lowest BCUT2D eigenvalue weighted by Crippen LogP contribution is -2.50. The molecule has 174 valence electrons. The van der Waals surface area contributed by atoms with Crippen LogP contribution in [-0.2, 0) is 14.0 Å². The number of allylic oxidation sites excluding steroid dienone is 2. The van der Waals surface area contributed by atoms with Gasteiger partial charge >= 0.3 is 5.97 Å². The number of hydrogen-bond donors (Lipinski definition) is 0.